The van der Waals surface area contributed by atoms with E-state index in [-0.39, 0.29) is 17.7 Å². The predicted molar refractivity (Wildman–Crippen MR) is 105 cm³/mol. The van der Waals surface area contributed by atoms with Gasteiger partial charge in [0, 0.05) is 19.6 Å². The molecule has 1 unspecified atom stereocenters. The Morgan fingerprint density at radius 3 is 2.53 bits per heavy atom. The number of hydrogen-bond donors (Lipinski definition) is 2. The molecule has 2 aromatic carbocycles. The first-order chi connectivity index (χ1) is 14.3. The topological polar surface area (TPSA) is 61.4 Å². The summed E-state index contributed by atoms with van der Waals surface area (Å²) in [7, 11) is 0. The molecule has 8 heteroatoms. The Kier molecular flexibility index (Phi) is 4.36. The first kappa shape index (κ1) is 19.1. The highest BCUT2D eigenvalue weighted by atomic mass is 19.4. The highest BCUT2D eigenvalue weighted by Gasteiger charge is 2.37. The van der Waals surface area contributed by atoms with Crippen molar-refractivity contribution in [1.29, 1.82) is 0 Å². The third-order valence-electron chi connectivity index (χ3n) is 5.98. The fraction of sp³-hybridized carbons (Fsp3) is 0.364. The molecule has 3 aliphatic rings. The molecule has 0 spiro atoms. The van der Waals surface area contributed by atoms with Gasteiger partial charge in [0.25, 0.3) is 5.91 Å². The highest BCUT2D eigenvalue weighted by molar-refractivity contribution is 6.10. The minimum absolute atomic E-state index is 0.161. The normalized spacial score (nSPS) is 21.6. The van der Waals surface area contributed by atoms with Gasteiger partial charge >= 0.3 is 6.18 Å². The van der Waals surface area contributed by atoms with Crippen LogP contribution in [-0.4, -0.2) is 42.4 Å². The molecule has 5 nitrogen and oxygen atoms in total. The Hall–Kier alpha value is -2.87. The lowest BCUT2D eigenvalue weighted by molar-refractivity contribution is -0.137. The maximum Gasteiger partial charge on any atom is 0.416 e. The number of fused-ring (bicyclic) bond motifs is 2. The summed E-state index contributed by atoms with van der Waals surface area (Å²) >= 11 is 0. The van der Waals surface area contributed by atoms with Crippen molar-refractivity contribution in [3.63, 3.8) is 0 Å². The van der Waals surface area contributed by atoms with Crippen LogP contribution in [0.4, 0.5) is 18.9 Å². The fourth-order valence-electron chi connectivity index (χ4n) is 4.20. The highest BCUT2D eigenvalue weighted by Crippen LogP contribution is 2.44. The Bertz CT molecular complexity index is 1050. The van der Waals surface area contributed by atoms with Crippen LogP contribution in [0.1, 0.15) is 40.2 Å². The zero-order valence-corrected chi connectivity index (χ0v) is 16.1. The zero-order chi connectivity index (χ0) is 21.0. The third kappa shape index (κ3) is 3.35. The van der Waals surface area contributed by atoms with E-state index >= 15 is 0 Å². The van der Waals surface area contributed by atoms with Crippen LogP contribution in [0.5, 0.6) is 0 Å². The van der Waals surface area contributed by atoms with Crippen molar-refractivity contribution < 1.29 is 22.8 Å². The molecular formula is C22H20F3N3O2. The predicted octanol–water partition coefficient (Wildman–Crippen LogP) is 3.62. The molecule has 156 valence electrons. The van der Waals surface area contributed by atoms with Gasteiger partial charge in [0.1, 0.15) is 6.04 Å². The molecule has 1 saturated carbocycles. The second-order valence-corrected chi connectivity index (χ2v) is 8.08. The smallest absolute Gasteiger partial charge is 0.324 e. The van der Waals surface area contributed by atoms with Crippen LogP contribution in [0, 0.1) is 0 Å². The molecule has 30 heavy (non-hydrogen) atoms. The second-order valence-electron chi connectivity index (χ2n) is 8.08. The molecular weight excluding hydrogens is 395 g/mol. The largest absolute Gasteiger partial charge is 0.416 e. The molecule has 0 radical (unpaired) electrons. The number of alkyl halides is 3. The summed E-state index contributed by atoms with van der Waals surface area (Å²) in [6, 6.07) is 8.38. The van der Waals surface area contributed by atoms with Gasteiger partial charge < -0.3 is 15.5 Å². The van der Waals surface area contributed by atoms with Gasteiger partial charge in [0.15, 0.2) is 0 Å². The SMILES string of the molecule is O=C1Nc2ccc(-c3cc(C4CC4)cc(C(F)(F)F)c3)cc2C(=O)N2CCNCC12. The number of hydrogen-bond acceptors (Lipinski definition) is 3. The minimum Gasteiger partial charge on any atom is -0.324 e. The molecule has 1 atom stereocenters. The summed E-state index contributed by atoms with van der Waals surface area (Å²) in [5, 5.41) is 5.89. The van der Waals surface area contributed by atoms with Crippen molar-refractivity contribution in [2.45, 2.75) is 31.0 Å². The Labute approximate surface area is 171 Å². The Morgan fingerprint density at radius 1 is 1.00 bits per heavy atom. The van der Waals surface area contributed by atoms with Gasteiger partial charge in [-0.05, 0) is 59.7 Å². The van der Waals surface area contributed by atoms with E-state index in [1.165, 1.54) is 11.0 Å². The standard InChI is InChI=1S/C22H20F3N3O2/c23-22(24,25)16-8-14(12-1-2-12)7-15(9-16)13-3-4-18-17(10-13)21(30)28-6-5-26-11-19(28)20(29)27-18/h3-4,7-10,12,19,26H,1-2,5-6,11H2,(H,27,29). The van der Waals surface area contributed by atoms with Gasteiger partial charge in [0.05, 0.1) is 16.8 Å². The van der Waals surface area contributed by atoms with Crippen LogP contribution in [-0.2, 0) is 11.0 Å². The molecule has 5 rings (SSSR count). The van der Waals surface area contributed by atoms with Crippen LogP contribution in [0.25, 0.3) is 11.1 Å². The number of carbonyl (C=O) groups excluding carboxylic acids is 2. The Balaban J connectivity index is 1.59. The van der Waals surface area contributed by atoms with E-state index in [9.17, 15) is 22.8 Å². The second kappa shape index (κ2) is 6.84. The number of piperazine rings is 1. The van der Waals surface area contributed by atoms with Crippen molar-refractivity contribution in [2.75, 3.05) is 25.0 Å². The number of halogens is 3. The number of amides is 2. The molecule has 2 fully saturated rings. The first-order valence-electron chi connectivity index (χ1n) is 10.0. The van der Waals surface area contributed by atoms with Gasteiger partial charge in [-0.25, -0.2) is 0 Å². The molecule has 0 aromatic heterocycles. The van der Waals surface area contributed by atoms with Gasteiger partial charge in [-0.3, -0.25) is 9.59 Å². The van der Waals surface area contributed by atoms with Gasteiger partial charge in [-0.1, -0.05) is 12.1 Å². The lowest BCUT2D eigenvalue weighted by atomic mass is 9.95. The van der Waals surface area contributed by atoms with E-state index < -0.39 is 17.8 Å². The zero-order valence-electron chi connectivity index (χ0n) is 16.1. The lowest BCUT2D eigenvalue weighted by Gasteiger charge is -2.33. The maximum absolute atomic E-state index is 13.5. The number of carbonyl (C=O) groups is 2. The molecule has 1 saturated heterocycles. The molecule has 2 amide bonds. The van der Waals surface area contributed by atoms with Crippen LogP contribution in [0.2, 0.25) is 0 Å². The molecule has 2 aromatic rings. The Morgan fingerprint density at radius 2 is 1.80 bits per heavy atom. The van der Waals surface area contributed by atoms with Crippen LogP contribution < -0.4 is 10.6 Å². The van der Waals surface area contributed by atoms with Crippen molar-refractivity contribution in [1.82, 2.24) is 10.2 Å². The van der Waals surface area contributed by atoms with E-state index in [4.69, 9.17) is 0 Å². The van der Waals surface area contributed by atoms with Crippen molar-refractivity contribution >= 4 is 17.5 Å². The third-order valence-corrected chi connectivity index (χ3v) is 5.98. The maximum atomic E-state index is 13.5. The van der Waals surface area contributed by atoms with Gasteiger partial charge in [-0.2, -0.15) is 13.2 Å². The van der Waals surface area contributed by atoms with Gasteiger partial charge in [0.2, 0.25) is 5.91 Å². The average Bonchev–Trinajstić information content (AvgIpc) is 3.58. The molecule has 2 N–H and O–H groups in total. The minimum atomic E-state index is -4.44. The summed E-state index contributed by atoms with van der Waals surface area (Å²) in [6.45, 7) is 1.36. The van der Waals surface area contributed by atoms with Crippen molar-refractivity contribution in [2.24, 2.45) is 0 Å². The van der Waals surface area contributed by atoms with E-state index in [1.54, 1.807) is 24.3 Å². The molecule has 2 aliphatic heterocycles. The molecule has 0 bridgehead atoms. The molecule has 1 aliphatic carbocycles. The van der Waals surface area contributed by atoms with Crippen LogP contribution >= 0.6 is 0 Å². The number of anilines is 1. The summed E-state index contributed by atoms with van der Waals surface area (Å²) in [4.78, 5) is 27.2. The number of nitrogens with zero attached hydrogens (tertiary/aromatic N) is 1. The first-order valence-corrected chi connectivity index (χ1v) is 10.0. The van der Waals surface area contributed by atoms with E-state index in [2.05, 4.69) is 10.6 Å². The fourth-order valence-corrected chi connectivity index (χ4v) is 4.20. The monoisotopic (exact) mass is 415 g/mol. The summed E-state index contributed by atoms with van der Waals surface area (Å²) in [6.07, 6.45) is -2.66. The number of nitrogens with one attached hydrogen (secondary N) is 2. The van der Waals surface area contributed by atoms with E-state index in [1.807, 2.05) is 0 Å². The summed E-state index contributed by atoms with van der Waals surface area (Å²) < 4.78 is 40.4. The number of rotatable bonds is 2. The summed E-state index contributed by atoms with van der Waals surface area (Å²) in [5.41, 5.74) is 1.64. The van der Waals surface area contributed by atoms with Gasteiger partial charge in [-0.15, -0.1) is 0 Å². The quantitative estimate of drug-likeness (QED) is 0.788. The van der Waals surface area contributed by atoms with Crippen molar-refractivity contribution in [3.8, 4) is 11.1 Å². The van der Waals surface area contributed by atoms with E-state index in [0.29, 0.717) is 47.6 Å². The summed E-state index contributed by atoms with van der Waals surface area (Å²) in [5.74, 6) is -0.391. The van der Waals surface area contributed by atoms with Crippen LogP contribution in [0.15, 0.2) is 36.4 Å². The average molecular weight is 415 g/mol. The lowest BCUT2D eigenvalue weighted by Crippen LogP contribution is -2.57. The number of benzene rings is 2. The van der Waals surface area contributed by atoms with Crippen LogP contribution in [0.3, 0.4) is 0 Å². The molecule has 2 heterocycles. The van der Waals surface area contributed by atoms with E-state index in [0.717, 1.165) is 18.9 Å². The van der Waals surface area contributed by atoms with Crippen molar-refractivity contribution in [3.05, 3.63) is 53.1 Å².